The first kappa shape index (κ1) is 20.0. The van der Waals surface area contributed by atoms with Crippen LogP contribution in [0.25, 0.3) is 11.3 Å². The van der Waals surface area contributed by atoms with Crippen LogP contribution in [0.1, 0.15) is 5.56 Å². The number of aromatic nitrogens is 2. The fraction of sp³-hybridized carbons (Fsp3) is 0.150. The third-order valence-corrected chi connectivity index (χ3v) is 5.05. The molecule has 0 saturated carbocycles. The van der Waals surface area contributed by atoms with Crippen molar-refractivity contribution < 1.29 is 27.4 Å². The molecule has 30 heavy (non-hydrogen) atoms. The van der Waals surface area contributed by atoms with Gasteiger partial charge in [-0.05, 0) is 48.5 Å². The van der Waals surface area contributed by atoms with Gasteiger partial charge in [-0.2, -0.15) is 13.2 Å². The molecule has 2 heterocycles. The molecule has 0 radical (unpaired) electrons. The fourth-order valence-corrected chi connectivity index (χ4v) is 3.33. The van der Waals surface area contributed by atoms with E-state index in [1.807, 2.05) is 12.1 Å². The van der Waals surface area contributed by atoms with Gasteiger partial charge in [0.2, 0.25) is 12.7 Å². The van der Waals surface area contributed by atoms with Gasteiger partial charge in [0.1, 0.15) is 5.03 Å². The van der Waals surface area contributed by atoms with Gasteiger partial charge in [-0.1, -0.05) is 17.8 Å². The second kappa shape index (κ2) is 8.23. The summed E-state index contributed by atoms with van der Waals surface area (Å²) in [6, 6.07) is 13.4. The van der Waals surface area contributed by atoms with Gasteiger partial charge in [0, 0.05) is 11.3 Å². The summed E-state index contributed by atoms with van der Waals surface area (Å²) in [5.74, 6) is 0.847. The molecule has 0 saturated heterocycles. The van der Waals surface area contributed by atoms with Crippen LogP contribution in [0.5, 0.6) is 11.5 Å². The van der Waals surface area contributed by atoms with E-state index in [0.717, 1.165) is 29.5 Å². The van der Waals surface area contributed by atoms with Crippen molar-refractivity contribution in [1.82, 2.24) is 10.2 Å². The van der Waals surface area contributed by atoms with E-state index in [-0.39, 0.29) is 18.2 Å². The number of benzene rings is 2. The molecule has 0 fully saturated rings. The zero-order chi connectivity index (χ0) is 21.1. The van der Waals surface area contributed by atoms with E-state index in [9.17, 15) is 18.0 Å². The van der Waals surface area contributed by atoms with Gasteiger partial charge < -0.3 is 14.8 Å². The maximum absolute atomic E-state index is 12.7. The molecule has 0 aliphatic carbocycles. The average molecular weight is 433 g/mol. The number of anilines is 1. The zero-order valence-electron chi connectivity index (χ0n) is 15.3. The summed E-state index contributed by atoms with van der Waals surface area (Å²) < 4.78 is 48.9. The number of hydrogen-bond acceptors (Lipinski definition) is 6. The number of fused-ring (bicyclic) bond motifs is 1. The lowest BCUT2D eigenvalue weighted by Gasteiger charge is -2.09. The van der Waals surface area contributed by atoms with Gasteiger partial charge in [-0.25, -0.2) is 0 Å². The number of amides is 1. The van der Waals surface area contributed by atoms with Crippen LogP contribution in [0.3, 0.4) is 0 Å². The molecule has 1 aliphatic heterocycles. The molecular formula is C20H14F3N3O3S. The van der Waals surface area contributed by atoms with Crippen molar-refractivity contribution in [3.05, 3.63) is 60.2 Å². The molecule has 1 N–H and O–H groups in total. The number of ether oxygens (including phenoxy) is 2. The summed E-state index contributed by atoms with van der Waals surface area (Å²) >= 11 is 1.13. The van der Waals surface area contributed by atoms with E-state index in [2.05, 4.69) is 15.5 Å². The standard InChI is InChI=1S/C20H14F3N3O3S/c21-20(22,23)13-2-1-3-14(9-13)24-18(27)10-30-19-7-5-15(25-26-19)12-4-6-16-17(8-12)29-11-28-16/h1-9H,10-11H2,(H,24,27). The van der Waals surface area contributed by atoms with Gasteiger partial charge in [-0.15, -0.1) is 10.2 Å². The van der Waals surface area contributed by atoms with E-state index in [1.54, 1.807) is 18.2 Å². The highest BCUT2D eigenvalue weighted by molar-refractivity contribution is 7.99. The van der Waals surface area contributed by atoms with Crippen molar-refractivity contribution in [1.29, 1.82) is 0 Å². The normalized spacial score (nSPS) is 12.6. The highest BCUT2D eigenvalue weighted by Gasteiger charge is 2.30. The monoisotopic (exact) mass is 433 g/mol. The molecule has 0 bridgehead atoms. The molecule has 0 atom stereocenters. The lowest BCUT2D eigenvalue weighted by atomic mass is 10.1. The van der Waals surface area contributed by atoms with Gasteiger partial charge >= 0.3 is 6.18 Å². The second-order valence-corrected chi connectivity index (χ2v) is 7.24. The van der Waals surface area contributed by atoms with E-state index >= 15 is 0 Å². The van der Waals surface area contributed by atoms with E-state index in [1.165, 1.54) is 12.1 Å². The van der Waals surface area contributed by atoms with Crippen molar-refractivity contribution in [3.63, 3.8) is 0 Å². The number of hydrogen-bond donors (Lipinski definition) is 1. The van der Waals surface area contributed by atoms with Crippen LogP contribution < -0.4 is 14.8 Å². The topological polar surface area (TPSA) is 73.3 Å². The first-order valence-electron chi connectivity index (χ1n) is 8.72. The van der Waals surface area contributed by atoms with Crippen LogP contribution in [-0.4, -0.2) is 28.7 Å². The highest BCUT2D eigenvalue weighted by atomic mass is 32.2. The van der Waals surface area contributed by atoms with Crippen LogP contribution >= 0.6 is 11.8 Å². The summed E-state index contributed by atoms with van der Waals surface area (Å²) in [4.78, 5) is 12.1. The summed E-state index contributed by atoms with van der Waals surface area (Å²) in [7, 11) is 0. The molecule has 10 heteroatoms. The van der Waals surface area contributed by atoms with Crippen molar-refractivity contribution in [3.8, 4) is 22.8 Å². The predicted octanol–water partition coefficient (Wildman–Crippen LogP) is 4.62. The Bertz CT molecular complexity index is 1070. The Balaban J connectivity index is 1.35. The van der Waals surface area contributed by atoms with Gasteiger partial charge in [0.15, 0.2) is 11.5 Å². The quantitative estimate of drug-likeness (QED) is 0.592. The van der Waals surface area contributed by atoms with Crippen LogP contribution in [-0.2, 0) is 11.0 Å². The van der Waals surface area contributed by atoms with Crippen LogP contribution in [0.2, 0.25) is 0 Å². The Labute approximate surface area is 173 Å². The Morgan fingerprint density at radius 1 is 1.03 bits per heavy atom. The van der Waals surface area contributed by atoms with E-state index in [0.29, 0.717) is 22.2 Å². The molecule has 1 amide bonds. The molecule has 1 aliphatic rings. The number of nitrogens with one attached hydrogen (secondary N) is 1. The number of halogens is 3. The third-order valence-electron chi connectivity index (χ3n) is 4.13. The largest absolute Gasteiger partial charge is 0.454 e. The van der Waals surface area contributed by atoms with Gasteiger partial charge in [-0.3, -0.25) is 4.79 Å². The Morgan fingerprint density at radius 2 is 1.87 bits per heavy atom. The number of nitrogens with zero attached hydrogens (tertiary/aromatic N) is 2. The maximum atomic E-state index is 12.7. The number of alkyl halides is 3. The van der Waals surface area contributed by atoms with Crippen molar-refractivity contribution in [2.45, 2.75) is 11.2 Å². The molecular weight excluding hydrogens is 419 g/mol. The van der Waals surface area contributed by atoms with Crippen LogP contribution in [0, 0.1) is 0 Å². The molecule has 1 aromatic heterocycles. The minimum Gasteiger partial charge on any atom is -0.454 e. The predicted molar refractivity (Wildman–Crippen MR) is 104 cm³/mol. The van der Waals surface area contributed by atoms with E-state index < -0.39 is 17.6 Å². The Kier molecular flexibility index (Phi) is 5.49. The van der Waals surface area contributed by atoms with E-state index in [4.69, 9.17) is 9.47 Å². The maximum Gasteiger partial charge on any atom is 0.416 e. The first-order chi connectivity index (χ1) is 14.4. The molecule has 3 aromatic rings. The second-order valence-electron chi connectivity index (χ2n) is 6.24. The molecule has 6 nitrogen and oxygen atoms in total. The molecule has 2 aromatic carbocycles. The summed E-state index contributed by atoms with van der Waals surface area (Å²) in [6.45, 7) is 0.183. The minimum atomic E-state index is -4.47. The highest BCUT2D eigenvalue weighted by Crippen LogP contribution is 2.35. The van der Waals surface area contributed by atoms with Crippen LogP contribution in [0.4, 0.5) is 18.9 Å². The molecule has 0 spiro atoms. The third kappa shape index (κ3) is 4.65. The first-order valence-corrected chi connectivity index (χ1v) is 9.71. The summed E-state index contributed by atoms with van der Waals surface area (Å²) in [5, 5.41) is 11.2. The van der Waals surface area contributed by atoms with Crippen molar-refractivity contribution >= 4 is 23.4 Å². The Hall–Kier alpha value is -3.27. The molecule has 4 rings (SSSR count). The average Bonchev–Trinajstić information content (AvgIpc) is 3.20. The van der Waals surface area contributed by atoms with Crippen molar-refractivity contribution in [2.75, 3.05) is 17.9 Å². The van der Waals surface area contributed by atoms with Gasteiger partial charge in [0.25, 0.3) is 0 Å². The minimum absolute atomic E-state index is 0.0195. The number of carbonyl (C=O) groups excluding carboxylic acids is 1. The molecule has 154 valence electrons. The number of thioether (sulfide) groups is 1. The number of carbonyl (C=O) groups is 1. The zero-order valence-corrected chi connectivity index (χ0v) is 16.1. The van der Waals surface area contributed by atoms with Crippen molar-refractivity contribution in [2.24, 2.45) is 0 Å². The smallest absolute Gasteiger partial charge is 0.416 e. The molecule has 0 unspecified atom stereocenters. The van der Waals surface area contributed by atoms with Gasteiger partial charge in [0.05, 0.1) is 17.0 Å². The lowest BCUT2D eigenvalue weighted by molar-refractivity contribution is -0.137. The SMILES string of the molecule is O=C(CSc1ccc(-c2ccc3c(c2)OCO3)nn1)Nc1cccc(C(F)(F)F)c1. The summed E-state index contributed by atoms with van der Waals surface area (Å²) in [6.07, 6.45) is -4.47. The number of rotatable bonds is 5. The summed E-state index contributed by atoms with van der Waals surface area (Å²) in [5.41, 5.74) is 0.703. The Morgan fingerprint density at radius 3 is 2.63 bits per heavy atom. The van der Waals surface area contributed by atoms with Crippen LogP contribution in [0.15, 0.2) is 59.6 Å². The fourth-order valence-electron chi connectivity index (χ4n) is 2.72. The lowest BCUT2D eigenvalue weighted by Crippen LogP contribution is -2.15.